The molecule has 28 heavy (non-hydrogen) atoms. The van der Waals surface area contributed by atoms with Gasteiger partial charge in [0.05, 0.1) is 12.8 Å². The number of benzene rings is 1. The lowest BCUT2D eigenvalue weighted by molar-refractivity contribution is -0.116. The largest absolute Gasteiger partial charge is 0.497 e. The number of aromatic nitrogens is 1. The summed E-state index contributed by atoms with van der Waals surface area (Å²) < 4.78 is 5.22. The maximum Gasteiger partial charge on any atom is 0.224 e. The highest BCUT2D eigenvalue weighted by Crippen LogP contribution is 2.24. The minimum Gasteiger partial charge on any atom is -0.497 e. The third-order valence-electron chi connectivity index (χ3n) is 5.42. The normalized spacial score (nSPS) is 17.3. The van der Waals surface area contributed by atoms with Gasteiger partial charge in [0.1, 0.15) is 5.75 Å². The quantitative estimate of drug-likeness (QED) is 0.775. The fourth-order valence-corrected chi connectivity index (χ4v) is 3.90. The molecule has 5 heteroatoms. The van der Waals surface area contributed by atoms with Crippen molar-refractivity contribution < 1.29 is 9.53 Å². The van der Waals surface area contributed by atoms with Crippen LogP contribution in [-0.4, -0.2) is 36.0 Å². The van der Waals surface area contributed by atoms with E-state index in [1.54, 1.807) is 7.11 Å². The van der Waals surface area contributed by atoms with Gasteiger partial charge in [-0.15, -0.1) is 0 Å². The Morgan fingerprint density at radius 3 is 2.89 bits per heavy atom. The highest BCUT2D eigenvalue weighted by molar-refractivity contribution is 5.91. The van der Waals surface area contributed by atoms with Gasteiger partial charge in [-0.3, -0.25) is 14.7 Å². The molecule has 1 aromatic heterocycles. The van der Waals surface area contributed by atoms with Crippen molar-refractivity contribution in [2.24, 2.45) is 5.92 Å². The monoisotopic (exact) mass is 381 g/mol. The molecule has 0 unspecified atom stereocenters. The van der Waals surface area contributed by atoms with Crippen LogP contribution in [0.3, 0.4) is 0 Å². The molecule has 5 nitrogen and oxygen atoms in total. The van der Waals surface area contributed by atoms with Crippen LogP contribution in [0.1, 0.15) is 42.6 Å². The average Bonchev–Trinajstić information content (AvgIpc) is 2.68. The van der Waals surface area contributed by atoms with E-state index in [4.69, 9.17) is 4.74 Å². The van der Waals surface area contributed by atoms with Crippen LogP contribution in [0.4, 0.5) is 5.69 Å². The zero-order valence-electron chi connectivity index (χ0n) is 17.2. The lowest BCUT2D eigenvalue weighted by Gasteiger charge is -2.32. The first-order valence-corrected chi connectivity index (χ1v) is 10.1. The van der Waals surface area contributed by atoms with Gasteiger partial charge in [-0.25, -0.2) is 0 Å². The highest BCUT2D eigenvalue weighted by atomic mass is 16.5. The summed E-state index contributed by atoms with van der Waals surface area (Å²) in [4.78, 5) is 19.5. The predicted molar refractivity (Wildman–Crippen MR) is 113 cm³/mol. The summed E-state index contributed by atoms with van der Waals surface area (Å²) in [6, 6.07) is 11.9. The zero-order valence-corrected chi connectivity index (χ0v) is 17.2. The molecule has 2 aromatic rings. The van der Waals surface area contributed by atoms with Crippen molar-refractivity contribution in [3.05, 3.63) is 53.3 Å². The van der Waals surface area contributed by atoms with Gasteiger partial charge in [0.25, 0.3) is 0 Å². The van der Waals surface area contributed by atoms with Crippen molar-refractivity contribution in [1.29, 1.82) is 0 Å². The number of hydrogen-bond donors (Lipinski definition) is 1. The van der Waals surface area contributed by atoms with E-state index in [0.29, 0.717) is 12.3 Å². The lowest BCUT2D eigenvalue weighted by Crippen LogP contribution is -2.35. The van der Waals surface area contributed by atoms with E-state index in [2.05, 4.69) is 27.3 Å². The summed E-state index contributed by atoms with van der Waals surface area (Å²) in [5, 5.41) is 3.04. The van der Waals surface area contributed by atoms with E-state index < -0.39 is 0 Å². The minimum atomic E-state index is 0.0886. The number of aryl methyl sites for hydroxylation is 2. The number of carbonyl (C=O) groups excluding carboxylic acids is 1. The van der Waals surface area contributed by atoms with Gasteiger partial charge < -0.3 is 10.1 Å². The first-order valence-electron chi connectivity index (χ1n) is 10.1. The average molecular weight is 382 g/mol. The van der Waals surface area contributed by atoms with E-state index in [0.717, 1.165) is 54.4 Å². The molecule has 1 aliphatic rings. The van der Waals surface area contributed by atoms with Crippen molar-refractivity contribution in [2.45, 2.75) is 46.1 Å². The molecule has 1 N–H and O–H groups in total. The maximum absolute atomic E-state index is 12.4. The molecule has 1 fully saturated rings. The molecule has 1 amide bonds. The van der Waals surface area contributed by atoms with Crippen LogP contribution in [0.2, 0.25) is 0 Å². The first-order chi connectivity index (χ1) is 13.5. The van der Waals surface area contributed by atoms with E-state index >= 15 is 0 Å². The highest BCUT2D eigenvalue weighted by Gasteiger charge is 2.21. The first kappa shape index (κ1) is 20.3. The van der Waals surface area contributed by atoms with E-state index in [1.165, 1.54) is 12.8 Å². The van der Waals surface area contributed by atoms with Crippen molar-refractivity contribution in [1.82, 2.24) is 9.88 Å². The number of methoxy groups -OCH3 is 1. The second-order valence-corrected chi connectivity index (χ2v) is 7.78. The Bertz CT molecular complexity index is 806. The Labute approximate surface area is 168 Å². The van der Waals surface area contributed by atoms with E-state index in [1.807, 2.05) is 38.1 Å². The fourth-order valence-electron chi connectivity index (χ4n) is 3.90. The lowest BCUT2D eigenvalue weighted by atomic mass is 9.93. The number of anilines is 1. The molecular weight excluding hydrogens is 350 g/mol. The van der Waals surface area contributed by atoms with Crippen LogP contribution in [0, 0.1) is 19.8 Å². The third kappa shape index (κ3) is 5.80. The number of likely N-dealkylation sites (tertiary alicyclic amines) is 1. The van der Waals surface area contributed by atoms with E-state index in [-0.39, 0.29) is 5.91 Å². The van der Waals surface area contributed by atoms with Crippen LogP contribution < -0.4 is 10.1 Å². The smallest absolute Gasteiger partial charge is 0.224 e. The number of piperidine rings is 1. The SMILES string of the molecule is COc1ccc(NC(=O)CC[C@@H]2CCCN(Cc3cccc(C)n3)C2)c(C)c1. The van der Waals surface area contributed by atoms with Crippen molar-refractivity contribution in [3.8, 4) is 5.75 Å². The summed E-state index contributed by atoms with van der Waals surface area (Å²) >= 11 is 0. The molecule has 1 saturated heterocycles. The van der Waals surface area contributed by atoms with E-state index in [9.17, 15) is 4.79 Å². The second-order valence-electron chi connectivity index (χ2n) is 7.78. The number of amides is 1. The summed E-state index contributed by atoms with van der Waals surface area (Å²) in [5.41, 5.74) is 4.08. The molecule has 1 atom stereocenters. The number of pyridine rings is 1. The molecule has 0 bridgehead atoms. The van der Waals surface area contributed by atoms with Crippen molar-refractivity contribution in [3.63, 3.8) is 0 Å². The van der Waals surface area contributed by atoms with Crippen LogP contribution in [0.15, 0.2) is 36.4 Å². The molecule has 3 rings (SSSR count). The Morgan fingerprint density at radius 2 is 2.14 bits per heavy atom. The summed E-state index contributed by atoms with van der Waals surface area (Å²) in [7, 11) is 1.65. The van der Waals surface area contributed by atoms with Gasteiger partial charge in [0.15, 0.2) is 0 Å². The van der Waals surface area contributed by atoms with Gasteiger partial charge in [-0.2, -0.15) is 0 Å². The Hall–Kier alpha value is -2.40. The Morgan fingerprint density at radius 1 is 1.29 bits per heavy atom. The molecular formula is C23H31N3O2. The molecule has 0 saturated carbocycles. The molecule has 0 aliphatic carbocycles. The second kappa shape index (κ2) is 9.69. The zero-order chi connectivity index (χ0) is 19.9. The van der Waals surface area contributed by atoms with Gasteiger partial charge >= 0.3 is 0 Å². The number of nitrogens with zero attached hydrogens (tertiary/aromatic N) is 2. The summed E-state index contributed by atoms with van der Waals surface area (Å²) in [5.74, 6) is 1.47. The van der Waals surface area contributed by atoms with Gasteiger partial charge in [0.2, 0.25) is 5.91 Å². The standard InChI is InChI=1S/C23H31N3O2/c1-17-14-21(28-3)10-11-22(17)25-23(27)12-9-19-7-5-13-26(15-19)16-20-8-4-6-18(2)24-20/h4,6,8,10-11,14,19H,5,7,9,12-13,15-16H2,1-3H3,(H,25,27)/t19-/m0/s1. The number of hydrogen-bond acceptors (Lipinski definition) is 4. The van der Waals surface area contributed by atoms with Crippen LogP contribution in [0.5, 0.6) is 5.75 Å². The Balaban J connectivity index is 1.46. The number of ether oxygens (including phenoxy) is 1. The third-order valence-corrected chi connectivity index (χ3v) is 5.42. The van der Waals surface area contributed by atoms with Crippen LogP contribution in [-0.2, 0) is 11.3 Å². The molecule has 0 radical (unpaired) electrons. The topological polar surface area (TPSA) is 54.5 Å². The fraction of sp³-hybridized carbons (Fsp3) is 0.478. The molecule has 1 aromatic carbocycles. The van der Waals surface area contributed by atoms with Crippen molar-refractivity contribution >= 4 is 11.6 Å². The number of rotatable bonds is 7. The summed E-state index contributed by atoms with van der Waals surface area (Å²) in [6.07, 6.45) is 3.88. The number of carbonyl (C=O) groups is 1. The molecule has 0 spiro atoms. The van der Waals surface area contributed by atoms with Crippen LogP contribution >= 0.6 is 0 Å². The van der Waals surface area contributed by atoms with Crippen molar-refractivity contribution in [2.75, 3.05) is 25.5 Å². The van der Waals surface area contributed by atoms with Crippen LogP contribution in [0.25, 0.3) is 0 Å². The van der Waals surface area contributed by atoms with Gasteiger partial charge in [0, 0.05) is 30.9 Å². The predicted octanol–water partition coefficient (Wildman–Crippen LogP) is 4.34. The molecule has 2 heterocycles. The molecule has 1 aliphatic heterocycles. The minimum absolute atomic E-state index is 0.0886. The van der Waals surface area contributed by atoms with Gasteiger partial charge in [-0.05, 0) is 81.5 Å². The summed E-state index contributed by atoms with van der Waals surface area (Å²) in [6.45, 7) is 7.07. The maximum atomic E-state index is 12.4. The molecule has 150 valence electrons. The Kier molecular flexibility index (Phi) is 7.04. The number of nitrogens with one attached hydrogen (secondary N) is 1. The van der Waals surface area contributed by atoms with Gasteiger partial charge in [-0.1, -0.05) is 6.07 Å².